The summed E-state index contributed by atoms with van der Waals surface area (Å²) in [5, 5.41) is 0. The Bertz CT molecular complexity index is 206. The van der Waals surface area contributed by atoms with E-state index in [0.29, 0.717) is 5.41 Å². The van der Waals surface area contributed by atoms with E-state index >= 15 is 0 Å². The zero-order valence-electron chi connectivity index (χ0n) is 8.72. The van der Waals surface area contributed by atoms with Crippen molar-refractivity contribution in [1.82, 2.24) is 0 Å². The van der Waals surface area contributed by atoms with E-state index in [0.717, 1.165) is 5.92 Å². The summed E-state index contributed by atoms with van der Waals surface area (Å²) in [5.74, 6) is 0.737. The third kappa shape index (κ3) is 2.00. The molecule has 0 amide bonds. The Morgan fingerprint density at radius 1 is 1.50 bits per heavy atom. The first-order valence-electron chi connectivity index (χ1n) is 4.95. The maximum Gasteiger partial charge on any atom is -0.0109 e. The van der Waals surface area contributed by atoms with Crippen molar-refractivity contribution < 1.29 is 0 Å². The minimum absolute atomic E-state index is 0.372. The molecule has 0 N–H and O–H groups in total. The van der Waals surface area contributed by atoms with Crippen molar-refractivity contribution in [1.29, 1.82) is 0 Å². The maximum atomic E-state index is 2.40. The Balaban J connectivity index is 2.72. The van der Waals surface area contributed by atoms with E-state index in [1.165, 1.54) is 18.4 Å². The number of hydrogen-bond donors (Lipinski definition) is 0. The average Bonchev–Trinajstić information content (AvgIpc) is 2.05. The molecule has 1 aliphatic carbocycles. The molecule has 1 rings (SSSR count). The minimum atomic E-state index is 0.372. The molecule has 0 aromatic carbocycles. The van der Waals surface area contributed by atoms with E-state index in [4.69, 9.17) is 0 Å². The van der Waals surface area contributed by atoms with Gasteiger partial charge in [0.1, 0.15) is 0 Å². The van der Waals surface area contributed by atoms with Gasteiger partial charge in [-0.25, -0.2) is 0 Å². The molecule has 0 fully saturated rings. The van der Waals surface area contributed by atoms with Gasteiger partial charge in [-0.15, -0.1) is 0 Å². The molecule has 0 aliphatic heterocycles. The first-order valence-corrected chi connectivity index (χ1v) is 4.95. The molecule has 1 aliphatic rings. The summed E-state index contributed by atoms with van der Waals surface area (Å²) in [6.45, 7) is 9.16. The van der Waals surface area contributed by atoms with Gasteiger partial charge in [-0.1, -0.05) is 45.9 Å². The van der Waals surface area contributed by atoms with E-state index in [1.54, 1.807) is 0 Å². The molecule has 0 saturated heterocycles. The first-order chi connectivity index (χ1) is 5.56. The topological polar surface area (TPSA) is 0 Å². The van der Waals surface area contributed by atoms with Crippen LogP contribution in [-0.2, 0) is 0 Å². The minimum Gasteiger partial charge on any atom is -0.0811 e. The molecule has 0 heteroatoms. The highest BCUT2D eigenvalue weighted by atomic mass is 14.2. The normalized spacial score (nSPS) is 24.0. The summed E-state index contributed by atoms with van der Waals surface area (Å²) in [7, 11) is 0. The summed E-state index contributed by atoms with van der Waals surface area (Å²) in [6.07, 6.45) is 9.46. The van der Waals surface area contributed by atoms with Crippen molar-refractivity contribution in [2.45, 2.75) is 40.5 Å². The summed E-state index contributed by atoms with van der Waals surface area (Å²) in [6, 6.07) is 0. The van der Waals surface area contributed by atoms with Gasteiger partial charge in [-0.2, -0.15) is 0 Å². The summed E-state index contributed by atoms with van der Waals surface area (Å²) in [5.41, 5.74) is 1.89. The summed E-state index contributed by atoms with van der Waals surface area (Å²) in [4.78, 5) is 0. The van der Waals surface area contributed by atoms with Gasteiger partial charge in [-0.3, -0.25) is 0 Å². The third-order valence-electron chi connectivity index (χ3n) is 2.98. The Hall–Kier alpha value is -0.520. The van der Waals surface area contributed by atoms with Gasteiger partial charge in [-0.05, 0) is 29.7 Å². The number of allylic oxidation sites excluding steroid dienone is 4. The monoisotopic (exact) mass is 164 g/mol. The van der Waals surface area contributed by atoms with Gasteiger partial charge < -0.3 is 0 Å². The van der Waals surface area contributed by atoms with Crippen LogP contribution in [0.5, 0.6) is 0 Å². The maximum absolute atomic E-state index is 2.40. The molecule has 0 bridgehead atoms. The van der Waals surface area contributed by atoms with Crippen LogP contribution in [0, 0.1) is 11.3 Å². The van der Waals surface area contributed by atoms with Gasteiger partial charge in [0.25, 0.3) is 0 Å². The van der Waals surface area contributed by atoms with E-state index in [9.17, 15) is 0 Å². The van der Waals surface area contributed by atoms with Crippen molar-refractivity contribution in [3.05, 3.63) is 23.8 Å². The lowest BCUT2D eigenvalue weighted by atomic mass is 9.78. The zero-order chi connectivity index (χ0) is 9.19. The van der Waals surface area contributed by atoms with E-state index in [2.05, 4.69) is 45.9 Å². The highest BCUT2D eigenvalue weighted by Crippen LogP contribution is 2.33. The lowest BCUT2D eigenvalue weighted by Crippen LogP contribution is -2.14. The van der Waals surface area contributed by atoms with E-state index < -0.39 is 0 Å². The second-order valence-corrected chi connectivity index (χ2v) is 4.47. The van der Waals surface area contributed by atoms with Gasteiger partial charge in [0, 0.05) is 0 Å². The molecule has 0 radical (unpaired) electrons. The molecule has 0 heterocycles. The van der Waals surface area contributed by atoms with Crippen LogP contribution >= 0.6 is 0 Å². The van der Waals surface area contributed by atoms with E-state index in [-0.39, 0.29) is 0 Å². The fourth-order valence-corrected chi connectivity index (χ4v) is 1.43. The molecule has 0 saturated carbocycles. The third-order valence-corrected chi connectivity index (χ3v) is 2.98. The zero-order valence-corrected chi connectivity index (χ0v) is 8.72. The van der Waals surface area contributed by atoms with Crippen LogP contribution in [0.3, 0.4) is 0 Å². The smallest absolute Gasteiger partial charge is 0.0109 e. The Morgan fingerprint density at radius 3 is 2.58 bits per heavy atom. The molecule has 68 valence electrons. The predicted octanol–water partition coefficient (Wildman–Crippen LogP) is 3.95. The number of hydrogen-bond acceptors (Lipinski definition) is 0. The van der Waals surface area contributed by atoms with E-state index in [1.807, 2.05) is 0 Å². The molecule has 0 aromatic heterocycles. The van der Waals surface area contributed by atoms with Crippen molar-refractivity contribution in [3.63, 3.8) is 0 Å². The lowest BCUT2D eigenvalue weighted by Gasteiger charge is -2.27. The SMILES string of the molecule is CCC(C)(C)C1=CCC(C)C=C1. The average molecular weight is 164 g/mol. The van der Waals surface area contributed by atoms with Crippen molar-refractivity contribution in [2.75, 3.05) is 0 Å². The summed E-state index contributed by atoms with van der Waals surface area (Å²) < 4.78 is 0. The van der Waals surface area contributed by atoms with Crippen LogP contribution in [-0.4, -0.2) is 0 Å². The van der Waals surface area contributed by atoms with Gasteiger partial charge >= 0.3 is 0 Å². The fraction of sp³-hybridized carbons (Fsp3) is 0.667. The molecule has 1 unspecified atom stereocenters. The second-order valence-electron chi connectivity index (χ2n) is 4.47. The Morgan fingerprint density at radius 2 is 2.17 bits per heavy atom. The molecule has 0 nitrogen and oxygen atoms in total. The van der Waals surface area contributed by atoms with Gasteiger partial charge in [0.15, 0.2) is 0 Å². The van der Waals surface area contributed by atoms with Crippen LogP contribution in [0.25, 0.3) is 0 Å². The molecule has 12 heavy (non-hydrogen) atoms. The summed E-state index contributed by atoms with van der Waals surface area (Å²) >= 11 is 0. The van der Waals surface area contributed by atoms with Crippen LogP contribution in [0.4, 0.5) is 0 Å². The van der Waals surface area contributed by atoms with Crippen LogP contribution in [0.15, 0.2) is 23.8 Å². The quantitative estimate of drug-likeness (QED) is 0.580. The van der Waals surface area contributed by atoms with Gasteiger partial charge in [0.05, 0.1) is 0 Å². The highest BCUT2D eigenvalue weighted by molar-refractivity contribution is 5.28. The molecule has 0 aromatic rings. The number of rotatable bonds is 2. The standard InChI is InChI=1S/C12H20/c1-5-12(3,4)11-8-6-10(2)7-9-11/h6,8-10H,5,7H2,1-4H3. The fourth-order valence-electron chi connectivity index (χ4n) is 1.43. The lowest BCUT2D eigenvalue weighted by molar-refractivity contribution is 0.434. The molecule has 1 atom stereocenters. The Kier molecular flexibility index (Phi) is 2.76. The molecule has 0 spiro atoms. The van der Waals surface area contributed by atoms with Crippen LogP contribution in [0.2, 0.25) is 0 Å². The molecular weight excluding hydrogens is 144 g/mol. The second kappa shape index (κ2) is 3.47. The largest absolute Gasteiger partial charge is 0.0811 e. The van der Waals surface area contributed by atoms with Crippen LogP contribution < -0.4 is 0 Å². The Labute approximate surface area is 76.4 Å². The van der Waals surface area contributed by atoms with Crippen LogP contribution in [0.1, 0.15) is 40.5 Å². The van der Waals surface area contributed by atoms with Crippen molar-refractivity contribution >= 4 is 0 Å². The van der Waals surface area contributed by atoms with Gasteiger partial charge in [0.2, 0.25) is 0 Å². The predicted molar refractivity (Wildman–Crippen MR) is 55.1 cm³/mol. The van der Waals surface area contributed by atoms with Crippen molar-refractivity contribution in [2.24, 2.45) is 11.3 Å². The highest BCUT2D eigenvalue weighted by Gasteiger charge is 2.20. The van der Waals surface area contributed by atoms with Crippen molar-refractivity contribution in [3.8, 4) is 0 Å². The molecular formula is C12H20. The first kappa shape index (κ1) is 9.57.